The lowest BCUT2D eigenvalue weighted by molar-refractivity contribution is -0.146. The summed E-state index contributed by atoms with van der Waals surface area (Å²) in [7, 11) is 0. The molecule has 5 nitrogen and oxygen atoms in total. The van der Waals surface area contributed by atoms with Crippen LogP contribution in [-0.4, -0.2) is 22.7 Å². The first-order valence-electron chi connectivity index (χ1n) is 8.03. The highest BCUT2D eigenvalue weighted by atomic mass is 16.5. The molecule has 0 aromatic carbocycles. The molecule has 1 heterocycles. The summed E-state index contributed by atoms with van der Waals surface area (Å²) < 4.78 is 10.5. The van der Waals surface area contributed by atoms with Crippen LogP contribution in [-0.2, 0) is 9.53 Å². The number of hydrogen-bond acceptors (Lipinski definition) is 5. The molecule has 1 aromatic rings. The van der Waals surface area contributed by atoms with Crippen LogP contribution < -0.4 is 0 Å². The summed E-state index contributed by atoms with van der Waals surface area (Å²) in [6, 6.07) is 0. The third-order valence-corrected chi connectivity index (χ3v) is 4.23. The number of hydrogen-bond donors (Lipinski definition) is 0. The number of rotatable bonds is 5. The van der Waals surface area contributed by atoms with Gasteiger partial charge >= 0.3 is 5.97 Å². The van der Waals surface area contributed by atoms with Crippen LogP contribution in [0.3, 0.4) is 0 Å². The molecule has 2 rings (SSSR count). The van der Waals surface area contributed by atoms with Gasteiger partial charge in [-0.05, 0) is 31.6 Å². The quantitative estimate of drug-likeness (QED) is 0.775. The van der Waals surface area contributed by atoms with E-state index in [1.54, 1.807) is 6.92 Å². The number of carbonyl (C=O) groups excluding carboxylic acids is 1. The van der Waals surface area contributed by atoms with Gasteiger partial charge in [-0.25, -0.2) is 0 Å². The van der Waals surface area contributed by atoms with E-state index >= 15 is 0 Å². The van der Waals surface area contributed by atoms with Crippen molar-refractivity contribution in [2.75, 3.05) is 6.61 Å². The summed E-state index contributed by atoms with van der Waals surface area (Å²) in [5.74, 6) is 1.55. The van der Waals surface area contributed by atoms with Gasteiger partial charge in [-0.3, -0.25) is 4.79 Å². The van der Waals surface area contributed by atoms with Gasteiger partial charge in [-0.1, -0.05) is 38.8 Å². The molecule has 21 heavy (non-hydrogen) atoms. The van der Waals surface area contributed by atoms with Crippen LogP contribution in [0, 0.1) is 11.8 Å². The first-order valence-corrected chi connectivity index (χ1v) is 8.03. The zero-order valence-electron chi connectivity index (χ0n) is 13.5. The lowest BCUT2D eigenvalue weighted by Crippen LogP contribution is -2.21. The van der Waals surface area contributed by atoms with E-state index < -0.39 is 5.92 Å². The summed E-state index contributed by atoms with van der Waals surface area (Å²) in [6.07, 6.45) is 4.69. The molecule has 1 saturated carbocycles. The summed E-state index contributed by atoms with van der Waals surface area (Å²) >= 11 is 0. The Labute approximate surface area is 126 Å². The van der Waals surface area contributed by atoms with Crippen molar-refractivity contribution in [3.8, 4) is 0 Å². The van der Waals surface area contributed by atoms with Crippen LogP contribution in [0.2, 0.25) is 0 Å². The Morgan fingerprint density at radius 3 is 2.81 bits per heavy atom. The lowest BCUT2D eigenvalue weighted by Gasteiger charge is -2.23. The average molecular weight is 294 g/mol. The fourth-order valence-corrected chi connectivity index (χ4v) is 3.10. The molecule has 0 saturated heterocycles. The standard InChI is InChI=1S/C16H26N2O3/c1-5-20-16(19)13(10(2)3)15-17-14(18-21-15)12-8-6-7-11(4)9-12/h10-13H,5-9H2,1-4H3. The van der Waals surface area contributed by atoms with E-state index in [-0.39, 0.29) is 11.9 Å². The molecule has 0 radical (unpaired) electrons. The first-order chi connectivity index (χ1) is 10.0. The van der Waals surface area contributed by atoms with Crippen LogP contribution >= 0.6 is 0 Å². The van der Waals surface area contributed by atoms with Crippen molar-refractivity contribution in [2.45, 2.75) is 65.2 Å². The number of esters is 1. The number of aromatic nitrogens is 2. The summed E-state index contributed by atoms with van der Waals surface area (Å²) in [4.78, 5) is 16.6. The number of nitrogens with zero attached hydrogens (tertiary/aromatic N) is 2. The summed E-state index contributed by atoms with van der Waals surface area (Å²) in [5, 5.41) is 4.13. The van der Waals surface area contributed by atoms with Gasteiger partial charge in [0.15, 0.2) is 5.82 Å². The smallest absolute Gasteiger partial charge is 0.318 e. The summed E-state index contributed by atoms with van der Waals surface area (Å²) in [5.41, 5.74) is 0. The van der Waals surface area contributed by atoms with Gasteiger partial charge in [0.05, 0.1) is 6.61 Å². The van der Waals surface area contributed by atoms with Crippen molar-refractivity contribution in [1.82, 2.24) is 10.1 Å². The third kappa shape index (κ3) is 3.83. The van der Waals surface area contributed by atoms with E-state index in [0.717, 1.165) is 18.7 Å². The van der Waals surface area contributed by atoms with Gasteiger partial charge in [0.1, 0.15) is 5.92 Å². The van der Waals surface area contributed by atoms with E-state index in [1.807, 2.05) is 13.8 Å². The zero-order chi connectivity index (χ0) is 15.4. The molecular formula is C16H26N2O3. The maximum Gasteiger partial charge on any atom is 0.318 e. The number of ether oxygens (including phenoxy) is 1. The van der Waals surface area contributed by atoms with Gasteiger partial charge in [-0.2, -0.15) is 4.98 Å². The second-order valence-corrected chi connectivity index (χ2v) is 6.43. The molecule has 0 bridgehead atoms. The molecule has 3 unspecified atom stereocenters. The van der Waals surface area contributed by atoms with Crippen LogP contribution in [0.4, 0.5) is 0 Å². The van der Waals surface area contributed by atoms with Crippen molar-refractivity contribution in [3.05, 3.63) is 11.7 Å². The highest BCUT2D eigenvalue weighted by Crippen LogP contribution is 2.35. The van der Waals surface area contributed by atoms with Crippen molar-refractivity contribution in [2.24, 2.45) is 11.8 Å². The van der Waals surface area contributed by atoms with Crippen LogP contribution in [0.1, 0.15) is 76.9 Å². The van der Waals surface area contributed by atoms with E-state index in [0.29, 0.717) is 24.3 Å². The second-order valence-electron chi connectivity index (χ2n) is 6.43. The molecular weight excluding hydrogens is 268 g/mol. The molecule has 5 heteroatoms. The van der Waals surface area contributed by atoms with E-state index in [4.69, 9.17) is 9.26 Å². The predicted molar refractivity (Wildman–Crippen MR) is 78.9 cm³/mol. The van der Waals surface area contributed by atoms with Crippen molar-refractivity contribution >= 4 is 5.97 Å². The van der Waals surface area contributed by atoms with Gasteiger partial charge in [0.25, 0.3) is 0 Å². The fraction of sp³-hybridized carbons (Fsp3) is 0.812. The zero-order valence-corrected chi connectivity index (χ0v) is 13.5. The topological polar surface area (TPSA) is 65.2 Å². The molecule has 3 atom stereocenters. The Bertz CT molecular complexity index is 470. The molecule has 1 aromatic heterocycles. The molecule has 118 valence electrons. The second kappa shape index (κ2) is 7.05. The predicted octanol–water partition coefficient (Wildman–Crippen LogP) is 3.67. The molecule has 1 fully saturated rings. The van der Waals surface area contributed by atoms with Gasteiger partial charge in [0.2, 0.25) is 5.89 Å². The Hall–Kier alpha value is -1.39. The maximum atomic E-state index is 12.1. The van der Waals surface area contributed by atoms with Gasteiger partial charge in [0, 0.05) is 5.92 Å². The normalized spacial score (nSPS) is 24.0. The third-order valence-electron chi connectivity index (χ3n) is 4.23. The van der Waals surface area contributed by atoms with Crippen LogP contribution in [0.25, 0.3) is 0 Å². The molecule has 1 aliphatic carbocycles. The largest absolute Gasteiger partial charge is 0.465 e. The monoisotopic (exact) mass is 294 g/mol. The van der Waals surface area contributed by atoms with Gasteiger partial charge < -0.3 is 9.26 Å². The highest BCUT2D eigenvalue weighted by Gasteiger charge is 2.33. The Kier molecular flexibility index (Phi) is 5.37. The van der Waals surface area contributed by atoms with Crippen LogP contribution in [0.5, 0.6) is 0 Å². The lowest BCUT2D eigenvalue weighted by atomic mass is 9.82. The van der Waals surface area contributed by atoms with Gasteiger partial charge in [-0.15, -0.1) is 0 Å². The number of carbonyl (C=O) groups is 1. The van der Waals surface area contributed by atoms with E-state index in [1.165, 1.54) is 12.8 Å². The van der Waals surface area contributed by atoms with Crippen molar-refractivity contribution in [1.29, 1.82) is 0 Å². The minimum absolute atomic E-state index is 0.0719. The minimum atomic E-state index is -0.466. The van der Waals surface area contributed by atoms with Crippen molar-refractivity contribution < 1.29 is 14.1 Å². The molecule has 0 amide bonds. The molecule has 1 aliphatic rings. The maximum absolute atomic E-state index is 12.1. The first kappa shape index (κ1) is 16.0. The SMILES string of the molecule is CCOC(=O)C(c1nc(C2CCCC(C)C2)no1)C(C)C. The highest BCUT2D eigenvalue weighted by molar-refractivity contribution is 5.77. The molecule has 0 spiro atoms. The minimum Gasteiger partial charge on any atom is -0.465 e. The molecule has 0 aliphatic heterocycles. The molecule has 0 N–H and O–H groups in total. The van der Waals surface area contributed by atoms with E-state index in [9.17, 15) is 4.79 Å². The Balaban J connectivity index is 2.14. The van der Waals surface area contributed by atoms with E-state index in [2.05, 4.69) is 17.1 Å². The fourth-order valence-electron chi connectivity index (χ4n) is 3.10. The Morgan fingerprint density at radius 2 is 2.19 bits per heavy atom. The van der Waals surface area contributed by atoms with Crippen LogP contribution in [0.15, 0.2) is 4.52 Å². The average Bonchev–Trinajstić information content (AvgIpc) is 2.88. The Morgan fingerprint density at radius 1 is 1.43 bits per heavy atom. The van der Waals surface area contributed by atoms with Crippen molar-refractivity contribution in [3.63, 3.8) is 0 Å². The summed E-state index contributed by atoms with van der Waals surface area (Å²) in [6.45, 7) is 8.37.